The molecule has 0 aliphatic carbocycles. The van der Waals surface area contributed by atoms with E-state index in [9.17, 15) is 10.1 Å². The molecule has 0 aromatic heterocycles. The second-order valence-electron chi connectivity index (χ2n) is 2.21. The average molecular weight is 208 g/mol. The minimum Gasteiger partial charge on any atom is -0.422 e. The number of nitrogens with zero attached hydrogens (tertiary/aromatic N) is 1. The second-order valence-corrected chi connectivity index (χ2v) is 3.88. The van der Waals surface area contributed by atoms with Crippen molar-refractivity contribution in [2.75, 3.05) is 0 Å². The topological polar surface area (TPSA) is 52.4 Å². The molecule has 10 heavy (non-hydrogen) atoms. The molecular formula is C5H6BrNO3. The van der Waals surface area contributed by atoms with E-state index in [0.29, 0.717) is 6.42 Å². The third kappa shape index (κ3) is 1.47. The molecule has 1 heterocycles. The summed E-state index contributed by atoms with van der Waals surface area (Å²) in [6.07, 6.45) is 1.98. The van der Waals surface area contributed by atoms with Crippen molar-refractivity contribution in [3.63, 3.8) is 0 Å². The van der Waals surface area contributed by atoms with Crippen LogP contribution in [-0.4, -0.2) is 9.43 Å². The van der Waals surface area contributed by atoms with Gasteiger partial charge in [0.15, 0.2) is 4.51 Å². The zero-order valence-electron chi connectivity index (χ0n) is 5.33. The molecule has 0 aromatic carbocycles. The van der Waals surface area contributed by atoms with Crippen molar-refractivity contribution in [3.05, 3.63) is 22.1 Å². The van der Waals surface area contributed by atoms with E-state index in [4.69, 9.17) is 4.74 Å². The zero-order chi connectivity index (χ0) is 7.78. The third-order valence-corrected chi connectivity index (χ3v) is 1.62. The Balaban J connectivity index is 2.64. The standard InChI is InChI=1S/C5H6BrNO3/c1-5(6)3-2-4(10-5)7(8)9/h2H,3H2,1H3. The van der Waals surface area contributed by atoms with Gasteiger partial charge in [-0.25, -0.2) is 0 Å². The molecule has 5 heteroatoms. The van der Waals surface area contributed by atoms with Crippen LogP contribution in [0.15, 0.2) is 12.0 Å². The summed E-state index contributed by atoms with van der Waals surface area (Å²) in [5.74, 6) is -0.167. The first-order chi connectivity index (χ1) is 4.51. The molecule has 0 spiro atoms. The lowest BCUT2D eigenvalue weighted by Gasteiger charge is -2.12. The van der Waals surface area contributed by atoms with Crippen molar-refractivity contribution < 1.29 is 9.66 Å². The quantitative estimate of drug-likeness (QED) is 0.373. The lowest BCUT2D eigenvalue weighted by molar-refractivity contribution is -0.464. The van der Waals surface area contributed by atoms with Gasteiger partial charge in [-0.1, -0.05) is 0 Å². The molecule has 1 rings (SSSR count). The first kappa shape index (κ1) is 7.53. The van der Waals surface area contributed by atoms with E-state index in [0.717, 1.165) is 0 Å². The van der Waals surface area contributed by atoms with Gasteiger partial charge in [0.1, 0.15) is 4.92 Å². The number of hydrogen-bond acceptors (Lipinski definition) is 3. The van der Waals surface area contributed by atoms with E-state index in [2.05, 4.69) is 15.9 Å². The lowest BCUT2D eigenvalue weighted by atomic mass is 10.3. The molecule has 1 aliphatic rings. The molecule has 0 aromatic rings. The molecule has 1 atom stereocenters. The highest BCUT2D eigenvalue weighted by molar-refractivity contribution is 9.10. The maximum atomic E-state index is 10.1. The maximum absolute atomic E-state index is 10.1. The van der Waals surface area contributed by atoms with Crippen LogP contribution in [-0.2, 0) is 4.74 Å². The number of ether oxygens (including phenoxy) is 1. The summed E-state index contributed by atoms with van der Waals surface area (Å²) in [5, 5.41) is 10.1. The Kier molecular flexibility index (Phi) is 1.68. The fraction of sp³-hybridized carbons (Fsp3) is 0.600. The molecule has 0 radical (unpaired) electrons. The van der Waals surface area contributed by atoms with Crippen molar-refractivity contribution in [2.24, 2.45) is 0 Å². The summed E-state index contributed by atoms with van der Waals surface area (Å²) in [7, 11) is 0. The average Bonchev–Trinajstić information content (AvgIpc) is 2.10. The minimum atomic E-state index is -0.574. The number of rotatable bonds is 1. The Labute approximate surface area is 66.1 Å². The van der Waals surface area contributed by atoms with E-state index in [-0.39, 0.29) is 5.88 Å². The number of nitro groups is 1. The summed E-state index contributed by atoms with van der Waals surface area (Å²) in [6, 6.07) is 0. The Morgan fingerprint density at radius 3 is 2.80 bits per heavy atom. The highest BCUT2D eigenvalue weighted by Crippen LogP contribution is 2.33. The monoisotopic (exact) mass is 207 g/mol. The van der Waals surface area contributed by atoms with Crippen LogP contribution in [0.4, 0.5) is 0 Å². The number of alkyl halides is 1. The summed E-state index contributed by atoms with van der Waals surface area (Å²) in [5.41, 5.74) is 0. The Morgan fingerprint density at radius 2 is 2.60 bits per heavy atom. The molecule has 1 aliphatic heterocycles. The first-order valence-corrected chi connectivity index (χ1v) is 3.53. The largest absolute Gasteiger partial charge is 0.425 e. The van der Waals surface area contributed by atoms with Crippen LogP contribution >= 0.6 is 15.9 Å². The molecule has 0 fully saturated rings. The Hall–Kier alpha value is -0.580. The molecule has 0 saturated heterocycles. The summed E-state index contributed by atoms with van der Waals surface area (Å²) < 4.78 is 4.31. The van der Waals surface area contributed by atoms with Crippen LogP contribution in [0.3, 0.4) is 0 Å². The summed E-state index contributed by atoms with van der Waals surface area (Å²) >= 11 is 3.17. The third-order valence-electron chi connectivity index (χ3n) is 1.14. The van der Waals surface area contributed by atoms with Gasteiger partial charge in [-0.3, -0.25) is 10.1 Å². The van der Waals surface area contributed by atoms with Gasteiger partial charge in [0.2, 0.25) is 0 Å². The highest BCUT2D eigenvalue weighted by atomic mass is 79.9. The van der Waals surface area contributed by atoms with Crippen molar-refractivity contribution in [3.8, 4) is 0 Å². The lowest BCUT2D eigenvalue weighted by Crippen LogP contribution is -2.15. The van der Waals surface area contributed by atoms with Gasteiger partial charge < -0.3 is 4.74 Å². The van der Waals surface area contributed by atoms with Gasteiger partial charge in [0, 0.05) is 12.5 Å². The van der Waals surface area contributed by atoms with Gasteiger partial charge in [0.05, 0.1) is 0 Å². The molecule has 0 saturated carbocycles. The zero-order valence-corrected chi connectivity index (χ0v) is 6.92. The van der Waals surface area contributed by atoms with Gasteiger partial charge in [-0.15, -0.1) is 0 Å². The molecule has 0 bridgehead atoms. The Morgan fingerprint density at radius 1 is 2.00 bits per heavy atom. The van der Waals surface area contributed by atoms with Crippen LogP contribution in [0.2, 0.25) is 0 Å². The van der Waals surface area contributed by atoms with E-state index >= 15 is 0 Å². The van der Waals surface area contributed by atoms with Crippen LogP contribution < -0.4 is 0 Å². The van der Waals surface area contributed by atoms with Crippen LogP contribution in [0.25, 0.3) is 0 Å². The summed E-state index contributed by atoms with van der Waals surface area (Å²) in [6.45, 7) is 1.74. The van der Waals surface area contributed by atoms with E-state index < -0.39 is 9.43 Å². The molecule has 1 unspecified atom stereocenters. The van der Waals surface area contributed by atoms with E-state index in [1.807, 2.05) is 0 Å². The van der Waals surface area contributed by atoms with Crippen molar-refractivity contribution in [1.82, 2.24) is 0 Å². The van der Waals surface area contributed by atoms with E-state index in [1.54, 1.807) is 6.92 Å². The van der Waals surface area contributed by atoms with Gasteiger partial charge >= 0.3 is 5.88 Å². The first-order valence-electron chi connectivity index (χ1n) is 2.74. The molecule has 0 N–H and O–H groups in total. The van der Waals surface area contributed by atoms with Crippen LogP contribution in [0, 0.1) is 10.1 Å². The van der Waals surface area contributed by atoms with Gasteiger partial charge in [0.25, 0.3) is 0 Å². The van der Waals surface area contributed by atoms with Crippen LogP contribution in [0.5, 0.6) is 0 Å². The van der Waals surface area contributed by atoms with Crippen LogP contribution in [0.1, 0.15) is 13.3 Å². The minimum absolute atomic E-state index is 0.167. The molecule has 0 amide bonds. The highest BCUT2D eigenvalue weighted by Gasteiger charge is 2.34. The normalized spacial score (nSPS) is 31.2. The predicted octanol–water partition coefficient (Wildman–Crippen LogP) is 1.64. The Bertz CT molecular complexity index is 199. The SMILES string of the molecule is CC1(Br)CC=C([N+](=O)[O-])O1. The fourth-order valence-electron chi connectivity index (χ4n) is 0.683. The van der Waals surface area contributed by atoms with E-state index in [1.165, 1.54) is 6.08 Å². The smallest absolute Gasteiger partial charge is 0.422 e. The van der Waals surface area contributed by atoms with Crippen molar-refractivity contribution in [1.29, 1.82) is 0 Å². The van der Waals surface area contributed by atoms with Gasteiger partial charge in [-0.05, 0) is 22.9 Å². The number of halogens is 1. The number of hydrogen-bond donors (Lipinski definition) is 0. The van der Waals surface area contributed by atoms with Crippen molar-refractivity contribution >= 4 is 15.9 Å². The molecular weight excluding hydrogens is 202 g/mol. The molecule has 4 nitrogen and oxygen atoms in total. The maximum Gasteiger partial charge on any atom is 0.425 e. The van der Waals surface area contributed by atoms with Crippen molar-refractivity contribution in [2.45, 2.75) is 17.9 Å². The predicted molar refractivity (Wildman–Crippen MR) is 38.1 cm³/mol. The summed E-state index contributed by atoms with van der Waals surface area (Å²) in [4.78, 5) is 9.55. The molecule has 56 valence electrons. The second kappa shape index (κ2) is 2.23. The fourth-order valence-corrected chi connectivity index (χ4v) is 1.01. The van der Waals surface area contributed by atoms with Gasteiger partial charge in [-0.2, -0.15) is 0 Å².